The Kier molecular flexibility index (Phi) is 4.99. The summed E-state index contributed by atoms with van der Waals surface area (Å²) in [5, 5.41) is 1.40. The average Bonchev–Trinajstić information content (AvgIpc) is 2.70. The smallest absolute Gasteiger partial charge is 0.200 e. The third kappa shape index (κ3) is 3.57. The summed E-state index contributed by atoms with van der Waals surface area (Å²) in [7, 11) is 0. The molecular weight excluding hydrogens is 395 g/mol. The van der Waals surface area contributed by atoms with E-state index < -0.39 is 0 Å². The lowest BCUT2D eigenvalue weighted by Gasteiger charge is -2.13. The Morgan fingerprint density at radius 2 is 1.82 bits per heavy atom. The molecule has 0 saturated heterocycles. The third-order valence-corrected chi connectivity index (χ3v) is 4.92. The van der Waals surface area contributed by atoms with E-state index >= 15 is 0 Å². The van der Waals surface area contributed by atoms with Gasteiger partial charge in [-0.25, -0.2) is 4.98 Å². The fourth-order valence-corrected chi connectivity index (χ4v) is 3.46. The molecule has 4 nitrogen and oxygen atoms in total. The molecule has 0 saturated carbocycles. The van der Waals surface area contributed by atoms with Gasteiger partial charge in [0.25, 0.3) is 0 Å². The van der Waals surface area contributed by atoms with Gasteiger partial charge in [-0.2, -0.15) is 0 Å². The van der Waals surface area contributed by atoms with Crippen LogP contribution >= 0.6 is 23.2 Å². The van der Waals surface area contributed by atoms with Crippen molar-refractivity contribution in [1.82, 2.24) is 9.55 Å². The van der Waals surface area contributed by atoms with Crippen molar-refractivity contribution >= 4 is 39.9 Å². The number of halogens is 2. The van der Waals surface area contributed by atoms with E-state index in [1.807, 2.05) is 34.9 Å². The molecule has 4 aromatic rings. The van der Waals surface area contributed by atoms with Crippen LogP contribution < -0.4 is 5.43 Å². The van der Waals surface area contributed by atoms with E-state index in [0.29, 0.717) is 22.5 Å². The lowest BCUT2D eigenvalue weighted by molar-refractivity contribution is 0.103. The van der Waals surface area contributed by atoms with Crippen molar-refractivity contribution in [2.45, 2.75) is 6.54 Å². The summed E-state index contributed by atoms with van der Waals surface area (Å²) < 4.78 is 1.89. The van der Waals surface area contributed by atoms with Crippen LogP contribution in [-0.4, -0.2) is 15.3 Å². The summed E-state index contributed by atoms with van der Waals surface area (Å²) >= 11 is 11.9. The number of nitrogens with zero attached hydrogens (tertiary/aromatic N) is 2. The first-order chi connectivity index (χ1) is 13.5. The Morgan fingerprint density at radius 3 is 2.57 bits per heavy atom. The van der Waals surface area contributed by atoms with E-state index in [-0.39, 0.29) is 21.9 Å². The molecule has 2 heterocycles. The molecular formula is C22H14Cl2N2O2. The van der Waals surface area contributed by atoms with Gasteiger partial charge in [-0.05, 0) is 42.0 Å². The quantitative estimate of drug-likeness (QED) is 0.353. The van der Waals surface area contributed by atoms with Crippen molar-refractivity contribution in [3.8, 4) is 0 Å². The van der Waals surface area contributed by atoms with Crippen LogP contribution in [0.2, 0.25) is 10.2 Å². The minimum Gasteiger partial charge on any atom is -0.342 e. The number of rotatable bonds is 4. The van der Waals surface area contributed by atoms with Crippen LogP contribution in [0.15, 0.2) is 77.9 Å². The highest BCUT2D eigenvalue weighted by Crippen LogP contribution is 2.18. The molecule has 0 unspecified atom stereocenters. The van der Waals surface area contributed by atoms with Crippen LogP contribution in [-0.2, 0) is 6.54 Å². The SMILES string of the molecule is O=C(c1ccc(Cl)nc1)c1cn(Cc2cccc(Cl)c2)c2ccccc2c1=O. The Balaban J connectivity index is 1.87. The van der Waals surface area contributed by atoms with Crippen molar-refractivity contribution in [2.75, 3.05) is 0 Å². The maximum absolute atomic E-state index is 13.0. The van der Waals surface area contributed by atoms with Crippen LogP contribution in [0.5, 0.6) is 0 Å². The Hall–Kier alpha value is -2.95. The third-order valence-electron chi connectivity index (χ3n) is 4.46. The van der Waals surface area contributed by atoms with Gasteiger partial charge >= 0.3 is 0 Å². The Morgan fingerprint density at radius 1 is 1.00 bits per heavy atom. The second kappa shape index (κ2) is 7.58. The second-order valence-corrected chi connectivity index (χ2v) is 7.17. The largest absolute Gasteiger partial charge is 0.342 e. The molecule has 0 amide bonds. The van der Waals surface area contributed by atoms with Crippen molar-refractivity contribution < 1.29 is 4.79 Å². The molecule has 28 heavy (non-hydrogen) atoms. The number of hydrogen-bond acceptors (Lipinski definition) is 3. The maximum Gasteiger partial charge on any atom is 0.200 e. The van der Waals surface area contributed by atoms with Gasteiger partial charge in [0.2, 0.25) is 5.43 Å². The van der Waals surface area contributed by atoms with Gasteiger partial charge < -0.3 is 4.57 Å². The molecule has 0 aliphatic carbocycles. The fourth-order valence-electron chi connectivity index (χ4n) is 3.14. The predicted molar refractivity (Wildman–Crippen MR) is 111 cm³/mol. The highest BCUT2D eigenvalue weighted by molar-refractivity contribution is 6.30. The normalized spacial score (nSPS) is 10.9. The zero-order valence-electron chi connectivity index (χ0n) is 14.6. The zero-order chi connectivity index (χ0) is 19.7. The molecule has 0 spiro atoms. The van der Waals surface area contributed by atoms with Gasteiger partial charge in [0.05, 0.1) is 11.1 Å². The van der Waals surface area contributed by atoms with E-state index in [4.69, 9.17) is 23.2 Å². The first-order valence-electron chi connectivity index (χ1n) is 8.56. The van der Waals surface area contributed by atoms with E-state index in [2.05, 4.69) is 4.98 Å². The summed E-state index contributed by atoms with van der Waals surface area (Å²) in [6.45, 7) is 0.473. The number of ketones is 1. The minimum absolute atomic E-state index is 0.0878. The maximum atomic E-state index is 13.0. The molecule has 0 bridgehead atoms. The van der Waals surface area contributed by atoms with Gasteiger partial charge in [-0.1, -0.05) is 47.5 Å². The molecule has 0 fully saturated rings. The Labute approximate surface area is 171 Å². The standard InChI is InChI=1S/C22H14Cl2N2O2/c23-16-5-3-4-14(10-16)12-26-13-18(21(27)15-8-9-20(24)25-11-15)22(28)17-6-1-2-7-19(17)26/h1-11,13H,12H2. The van der Waals surface area contributed by atoms with Crippen molar-refractivity contribution in [2.24, 2.45) is 0 Å². The molecule has 0 aliphatic heterocycles. The summed E-state index contributed by atoms with van der Waals surface area (Å²) in [5.41, 5.74) is 1.81. The van der Waals surface area contributed by atoms with Crippen molar-refractivity contribution in [1.29, 1.82) is 0 Å². The second-order valence-electron chi connectivity index (χ2n) is 6.35. The molecule has 0 N–H and O–H groups in total. The summed E-state index contributed by atoms with van der Waals surface area (Å²) in [6.07, 6.45) is 2.98. The molecule has 6 heteroatoms. The molecule has 2 aromatic heterocycles. The highest BCUT2D eigenvalue weighted by atomic mass is 35.5. The number of aromatic nitrogens is 2. The van der Waals surface area contributed by atoms with Gasteiger partial charge in [0.15, 0.2) is 5.78 Å². The fraction of sp³-hybridized carbons (Fsp3) is 0.0455. The van der Waals surface area contributed by atoms with Gasteiger partial charge in [-0.3, -0.25) is 9.59 Å². The monoisotopic (exact) mass is 408 g/mol. The number of para-hydroxylation sites is 1. The van der Waals surface area contributed by atoms with Gasteiger partial charge in [-0.15, -0.1) is 0 Å². The number of benzene rings is 2. The lowest BCUT2D eigenvalue weighted by Crippen LogP contribution is -2.20. The first-order valence-corrected chi connectivity index (χ1v) is 9.31. The predicted octanol–water partition coefficient (Wildman–Crippen LogP) is 4.98. The number of carbonyl (C=O) groups excluding carboxylic acids is 1. The van der Waals surface area contributed by atoms with E-state index in [1.54, 1.807) is 30.5 Å². The lowest BCUT2D eigenvalue weighted by atomic mass is 10.0. The minimum atomic E-state index is -0.389. The number of pyridine rings is 2. The van der Waals surface area contributed by atoms with E-state index in [9.17, 15) is 9.59 Å². The zero-order valence-corrected chi connectivity index (χ0v) is 16.1. The van der Waals surface area contributed by atoms with Crippen molar-refractivity contribution in [3.05, 3.63) is 110 Å². The van der Waals surface area contributed by atoms with Gasteiger partial charge in [0, 0.05) is 34.9 Å². The van der Waals surface area contributed by atoms with Crippen LogP contribution in [0, 0.1) is 0 Å². The molecule has 4 rings (SSSR count). The van der Waals surface area contributed by atoms with Gasteiger partial charge in [0.1, 0.15) is 5.15 Å². The van der Waals surface area contributed by atoms with E-state index in [0.717, 1.165) is 11.1 Å². The highest BCUT2D eigenvalue weighted by Gasteiger charge is 2.17. The molecule has 2 aromatic carbocycles. The van der Waals surface area contributed by atoms with Crippen LogP contribution in [0.25, 0.3) is 10.9 Å². The van der Waals surface area contributed by atoms with Crippen LogP contribution in [0.3, 0.4) is 0 Å². The molecule has 0 atom stereocenters. The Bertz CT molecular complexity index is 1250. The number of hydrogen-bond donors (Lipinski definition) is 0. The summed E-state index contributed by atoms with van der Waals surface area (Å²) in [4.78, 5) is 29.9. The first kappa shape index (κ1) is 18.4. The topological polar surface area (TPSA) is 52.0 Å². The van der Waals surface area contributed by atoms with Crippen molar-refractivity contribution in [3.63, 3.8) is 0 Å². The van der Waals surface area contributed by atoms with Crippen LogP contribution in [0.1, 0.15) is 21.5 Å². The molecule has 138 valence electrons. The average molecular weight is 409 g/mol. The summed E-state index contributed by atoms with van der Waals surface area (Å²) in [6, 6.07) is 17.8. The van der Waals surface area contributed by atoms with E-state index in [1.165, 1.54) is 12.3 Å². The molecule has 0 aliphatic rings. The number of carbonyl (C=O) groups is 1. The summed E-state index contributed by atoms with van der Waals surface area (Å²) in [5.74, 6) is -0.389. The number of fused-ring (bicyclic) bond motifs is 1. The van der Waals surface area contributed by atoms with Crippen LogP contribution in [0.4, 0.5) is 0 Å². The molecule has 0 radical (unpaired) electrons.